The van der Waals surface area contributed by atoms with E-state index in [-0.39, 0.29) is 17.1 Å². The van der Waals surface area contributed by atoms with E-state index in [0.717, 1.165) is 13.1 Å². The molecule has 0 aromatic carbocycles. The summed E-state index contributed by atoms with van der Waals surface area (Å²) in [6.45, 7) is 2.25. The van der Waals surface area contributed by atoms with Crippen molar-refractivity contribution in [1.82, 2.24) is 0 Å². The second kappa shape index (κ2) is 3.66. The smallest absolute Gasteiger partial charge is 0.662 e. The fourth-order valence-electron chi connectivity index (χ4n) is 0.559. The Morgan fingerprint density at radius 3 is 1.67 bits per heavy atom. The van der Waals surface area contributed by atoms with Gasteiger partial charge in [-0.25, -0.2) is 0 Å². The molecule has 6 heavy (non-hydrogen) atoms. The SMILES string of the molecule is C1CC[N-]C1.[Cu+]. The Morgan fingerprint density at radius 1 is 1.00 bits per heavy atom. The zero-order valence-corrected chi connectivity index (χ0v) is 4.52. The summed E-state index contributed by atoms with van der Waals surface area (Å²) in [6.07, 6.45) is 2.67. The molecule has 1 saturated heterocycles. The van der Waals surface area contributed by atoms with Crippen molar-refractivity contribution < 1.29 is 17.1 Å². The Bertz CT molecular complexity index is 19.1. The summed E-state index contributed by atoms with van der Waals surface area (Å²) in [4.78, 5) is 0. The molecule has 1 rings (SSSR count). The molecule has 1 aliphatic heterocycles. The van der Waals surface area contributed by atoms with Crippen LogP contribution in [0, 0.1) is 0 Å². The first kappa shape index (κ1) is 6.48. The quantitative estimate of drug-likeness (QED) is 0.441. The van der Waals surface area contributed by atoms with Crippen LogP contribution in [-0.4, -0.2) is 13.1 Å². The molecule has 0 bridgehead atoms. The summed E-state index contributed by atoms with van der Waals surface area (Å²) in [6, 6.07) is 0. The molecular formula is C4H8CuN. The molecule has 40 valence electrons. The first-order valence-electron chi connectivity index (χ1n) is 2.13. The fourth-order valence-corrected chi connectivity index (χ4v) is 0.559. The van der Waals surface area contributed by atoms with E-state index in [2.05, 4.69) is 5.32 Å². The fraction of sp³-hybridized carbons (Fsp3) is 1.00. The standard InChI is InChI=1S/C4H8N.Cu/c1-2-4-5-3-1;/h1-4H2;/q-1;+1. The minimum Gasteiger partial charge on any atom is -0.662 e. The van der Waals surface area contributed by atoms with Gasteiger partial charge in [-0.2, -0.15) is 0 Å². The summed E-state index contributed by atoms with van der Waals surface area (Å²) < 4.78 is 0. The van der Waals surface area contributed by atoms with Gasteiger partial charge in [0, 0.05) is 0 Å². The molecular weight excluding hydrogens is 126 g/mol. The Morgan fingerprint density at radius 2 is 1.50 bits per heavy atom. The third-order valence-corrected chi connectivity index (χ3v) is 0.882. The molecule has 1 nitrogen and oxygen atoms in total. The Hall–Kier alpha value is 0.479. The predicted molar refractivity (Wildman–Crippen MR) is 22.3 cm³/mol. The van der Waals surface area contributed by atoms with E-state index >= 15 is 0 Å². The molecule has 1 fully saturated rings. The topological polar surface area (TPSA) is 14.1 Å². The van der Waals surface area contributed by atoms with E-state index in [9.17, 15) is 0 Å². The van der Waals surface area contributed by atoms with Crippen molar-refractivity contribution in [3.63, 3.8) is 0 Å². The number of rotatable bonds is 0. The third kappa shape index (κ3) is 1.81. The van der Waals surface area contributed by atoms with E-state index in [4.69, 9.17) is 0 Å². The van der Waals surface area contributed by atoms with Crippen LogP contribution in [0.3, 0.4) is 0 Å². The molecule has 0 aliphatic carbocycles. The average Bonchev–Trinajstić information content (AvgIpc) is 1.76. The second-order valence-corrected chi connectivity index (χ2v) is 1.38. The summed E-state index contributed by atoms with van der Waals surface area (Å²) in [5, 5.41) is 4.08. The molecule has 0 atom stereocenters. The summed E-state index contributed by atoms with van der Waals surface area (Å²) in [5.41, 5.74) is 0. The third-order valence-electron chi connectivity index (χ3n) is 0.882. The minimum atomic E-state index is 0. The average molecular weight is 134 g/mol. The van der Waals surface area contributed by atoms with Gasteiger partial charge in [0.25, 0.3) is 0 Å². The van der Waals surface area contributed by atoms with Gasteiger partial charge in [0.05, 0.1) is 0 Å². The van der Waals surface area contributed by atoms with E-state index in [1.54, 1.807) is 0 Å². The van der Waals surface area contributed by atoms with Gasteiger partial charge in [0.2, 0.25) is 0 Å². The van der Waals surface area contributed by atoms with Gasteiger partial charge < -0.3 is 5.32 Å². The van der Waals surface area contributed by atoms with Gasteiger partial charge in [-0.1, -0.05) is 12.8 Å². The van der Waals surface area contributed by atoms with E-state index < -0.39 is 0 Å². The molecule has 0 amide bonds. The zero-order valence-electron chi connectivity index (χ0n) is 3.58. The first-order chi connectivity index (χ1) is 2.50. The molecule has 0 radical (unpaired) electrons. The normalized spacial score (nSPS) is 20.0. The molecule has 0 aromatic heterocycles. The van der Waals surface area contributed by atoms with E-state index in [1.165, 1.54) is 12.8 Å². The molecule has 0 unspecified atom stereocenters. The largest absolute Gasteiger partial charge is 1.00 e. The van der Waals surface area contributed by atoms with Crippen LogP contribution in [0.4, 0.5) is 0 Å². The summed E-state index contributed by atoms with van der Waals surface area (Å²) >= 11 is 0. The van der Waals surface area contributed by atoms with E-state index in [0.29, 0.717) is 0 Å². The molecule has 1 heterocycles. The van der Waals surface area contributed by atoms with Crippen LogP contribution in [0.25, 0.3) is 5.32 Å². The van der Waals surface area contributed by atoms with Crippen LogP contribution in [-0.2, 0) is 17.1 Å². The van der Waals surface area contributed by atoms with Crippen LogP contribution < -0.4 is 0 Å². The molecule has 0 spiro atoms. The maximum atomic E-state index is 4.08. The summed E-state index contributed by atoms with van der Waals surface area (Å²) in [5.74, 6) is 0. The van der Waals surface area contributed by atoms with Crippen molar-refractivity contribution in [1.29, 1.82) is 0 Å². The zero-order chi connectivity index (χ0) is 3.54. The number of nitrogens with zero attached hydrogens (tertiary/aromatic N) is 1. The molecule has 1 aliphatic rings. The maximum Gasteiger partial charge on any atom is 1.00 e. The van der Waals surface area contributed by atoms with Gasteiger partial charge in [0.15, 0.2) is 0 Å². The van der Waals surface area contributed by atoms with Crippen LogP contribution in [0.2, 0.25) is 0 Å². The number of hydrogen-bond acceptors (Lipinski definition) is 0. The maximum absolute atomic E-state index is 4.08. The van der Waals surface area contributed by atoms with Gasteiger partial charge in [-0.3, -0.25) is 0 Å². The predicted octanol–water partition coefficient (Wildman–Crippen LogP) is 1.15. The first-order valence-corrected chi connectivity index (χ1v) is 2.13. The van der Waals surface area contributed by atoms with Crippen molar-refractivity contribution in [3.05, 3.63) is 5.32 Å². The van der Waals surface area contributed by atoms with Gasteiger partial charge in [0.1, 0.15) is 0 Å². The van der Waals surface area contributed by atoms with Crippen molar-refractivity contribution in [2.45, 2.75) is 12.8 Å². The van der Waals surface area contributed by atoms with Crippen molar-refractivity contribution in [3.8, 4) is 0 Å². The van der Waals surface area contributed by atoms with Crippen LogP contribution >= 0.6 is 0 Å². The number of hydrogen-bond donors (Lipinski definition) is 0. The van der Waals surface area contributed by atoms with E-state index in [1.807, 2.05) is 0 Å². The van der Waals surface area contributed by atoms with Crippen molar-refractivity contribution in [2.75, 3.05) is 13.1 Å². The Labute approximate surface area is 49.0 Å². The molecule has 0 aromatic rings. The van der Waals surface area contributed by atoms with Crippen molar-refractivity contribution in [2.24, 2.45) is 0 Å². The molecule has 2 heteroatoms. The van der Waals surface area contributed by atoms with Gasteiger partial charge >= 0.3 is 17.1 Å². The van der Waals surface area contributed by atoms with Crippen LogP contribution in [0.5, 0.6) is 0 Å². The van der Waals surface area contributed by atoms with Crippen molar-refractivity contribution >= 4 is 0 Å². The van der Waals surface area contributed by atoms with Crippen LogP contribution in [0.1, 0.15) is 12.8 Å². The summed E-state index contributed by atoms with van der Waals surface area (Å²) in [7, 11) is 0. The van der Waals surface area contributed by atoms with Gasteiger partial charge in [-0.15, -0.1) is 13.1 Å². The monoisotopic (exact) mass is 133 g/mol. The Kier molecular flexibility index (Phi) is 3.95. The van der Waals surface area contributed by atoms with Crippen LogP contribution in [0.15, 0.2) is 0 Å². The second-order valence-electron chi connectivity index (χ2n) is 1.38. The molecule has 0 N–H and O–H groups in total. The minimum absolute atomic E-state index is 0. The Balaban J connectivity index is 0.000000250. The molecule has 0 saturated carbocycles. The van der Waals surface area contributed by atoms with Gasteiger partial charge in [-0.05, 0) is 0 Å².